The van der Waals surface area contributed by atoms with E-state index in [-0.39, 0.29) is 18.0 Å². The van der Waals surface area contributed by atoms with Crippen molar-refractivity contribution in [1.29, 1.82) is 0 Å². The van der Waals surface area contributed by atoms with Gasteiger partial charge in [-0.05, 0) is 49.2 Å². The zero-order valence-electron chi connectivity index (χ0n) is 14.7. The average molecular weight is 383 g/mol. The fraction of sp³-hybridized carbons (Fsp3) is 0.250. The molecule has 3 aromatic rings. The number of piperidine rings is 1. The lowest BCUT2D eigenvalue weighted by molar-refractivity contribution is 0.0516. The molecule has 1 amide bonds. The molecule has 1 aromatic carbocycles. The highest BCUT2D eigenvalue weighted by atomic mass is 35.5. The van der Waals surface area contributed by atoms with Crippen molar-refractivity contribution in [3.8, 4) is 11.7 Å². The maximum atomic E-state index is 12.9. The molecule has 0 N–H and O–H groups in total. The third kappa shape index (κ3) is 4.11. The zero-order valence-corrected chi connectivity index (χ0v) is 15.4. The Balaban J connectivity index is 1.41. The summed E-state index contributed by atoms with van der Waals surface area (Å²) in [6.07, 6.45) is 8.57. The number of halogens is 1. The molecule has 0 spiro atoms. The monoisotopic (exact) mass is 382 g/mol. The van der Waals surface area contributed by atoms with Gasteiger partial charge in [-0.25, -0.2) is 9.97 Å². The molecule has 0 unspecified atom stereocenters. The van der Waals surface area contributed by atoms with Crippen LogP contribution >= 0.6 is 11.6 Å². The van der Waals surface area contributed by atoms with Crippen molar-refractivity contribution < 1.29 is 9.53 Å². The Morgan fingerprint density at radius 2 is 1.81 bits per heavy atom. The number of aromatic nitrogens is 3. The van der Waals surface area contributed by atoms with Crippen LogP contribution in [0.15, 0.2) is 61.2 Å². The molecule has 0 aliphatic carbocycles. The van der Waals surface area contributed by atoms with Crippen LogP contribution in [0.25, 0.3) is 5.69 Å². The van der Waals surface area contributed by atoms with Gasteiger partial charge in [0.1, 0.15) is 6.10 Å². The Labute approximate surface area is 162 Å². The van der Waals surface area contributed by atoms with Crippen LogP contribution < -0.4 is 4.74 Å². The van der Waals surface area contributed by atoms with Gasteiger partial charge in [0.05, 0.1) is 24.0 Å². The molecule has 4 rings (SSSR count). The molecule has 1 aliphatic heterocycles. The summed E-state index contributed by atoms with van der Waals surface area (Å²) in [4.78, 5) is 22.8. The average Bonchev–Trinajstić information content (AvgIpc) is 3.24. The second-order valence-corrected chi connectivity index (χ2v) is 6.89. The van der Waals surface area contributed by atoms with Crippen LogP contribution in [0.5, 0.6) is 6.01 Å². The molecule has 0 bridgehead atoms. The van der Waals surface area contributed by atoms with Gasteiger partial charge < -0.3 is 14.2 Å². The van der Waals surface area contributed by atoms with Crippen molar-refractivity contribution in [2.75, 3.05) is 13.1 Å². The zero-order chi connectivity index (χ0) is 18.6. The summed E-state index contributed by atoms with van der Waals surface area (Å²) in [5.41, 5.74) is 1.70. The molecule has 138 valence electrons. The van der Waals surface area contributed by atoms with Gasteiger partial charge in [0, 0.05) is 30.2 Å². The van der Waals surface area contributed by atoms with E-state index in [1.165, 1.54) is 12.4 Å². The third-order valence-corrected chi connectivity index (χ3v) is 4.75. The summed E-state index contributed by atoms with van der Waals surface area (Å²) in [7, 11) is 0. The van der Waals surface area contributed by atoms with Crippen LogP contribution in [0, 0.1) is 0 Å². The molecule has 1 atom stereocenters. The molecule has 27 heavy (non-hydrogen) atoms. The molecule has 7 heteroatoms. The van der Waals surface area contributed by atoms with Gasteiger partial charge in [-0.1, -0.05) is 11.6 Å². The maximum Gasteiger partial charge on any atom is 0.316 e. The van der Waals surface area contributed by atoms with E-state index in [9.17, 15) is 4.79 Å². The predicted molar refractivity (Wildman–Crippen MR) is 102 cm³/mol. The molecule has 0 saturated carbocycles. The second-order valence-electron chi connectivity index (χ2n) is 6.45. The van der Waals surface area contributed by atoms with Gasteiger partial charge in [0.25, 0.3) is 5.91 Å². The van der Waals surface area contributed by atoms with Crippen molar-refractivity contribution in [2.45, 2.75) is 18.9 Å². The fourth-order valence-corrected chi connectivity index (χ4v) is 3.29. The summed E-state index contributed by atoms with van der Waals surface area (Å²) in [5, 5.41) is 0.464. The van der Waals surface area contributed by atoms with Crippen LogP contribution in [0.4, 0.5) is 0 Å². The minimum atomic E-state index is -0.122. The predicted octanol–water partition coefficient (Wildman–Crippen LogP) is 3.60. The quantitative estimate of drug-likeness (QED) is 0.691. The standard InChI is InChI=1S/C20H19ClN4O2/c21-16-12-22-20(23-13-16)27-18-4-3-11-25(14-18)19(26)15-5-7-17(8-6-15)24-9-1-2-10-24/h1-2,5-10,12-13,18H,3-4,11,14H2/t18-/m1/s1. The first-order chi connectivity index (χ1) is 13.2. The number of amides is 1. The van der Waals surface area contributed by atoms with E-state index in [1.807, 2.05) is 58.3 Å². The number of ether oxygens (including phenoxy) is 1. The minimum Gasteiger partial charge on any atom is -0.458 e. The largest absolute Gasteiger partial charge is 0.458 e. The number of carbonyl (C=O) groups excluding carboxylic acids is 1. The molecular formula is C20H19ClN4O2. The van der Waals surface area contributed by atoms with Crippen LogP contribution in [0.2, 0.25) is 5.02 Å². The van der Waals surface area contributed by atoms with Gasteiger partial charge in [-0.3, -0.25) is 4.79 Å². The van der Waals surface area contributed by atoms with Crippen molar-refractivity contribution in [3.63, 3.8) is 0 Å². The summed E-state index contributed by atoms with van der Waals surface area (Å²) in [5.74, 6) is 0.0133. The number of likely N-dealkylation sites (tertiary alicyclic amines) is 1. The SMILES string of the molecule is O=C(c1ccc(-n2cccc2)cc1)N1CCC[C@@H](Oc2ncc(Cl)cn2)C1. The molecule has 1 saturated heterocycles. The molecule has 0 radical (unpaired) electrons. The van der Waals surface area contributed by atoms with Crippen LogP contribution in [0.3, 0.4) is 0 Å². The highest BCUT2D eigenvalue weighted by molar-refractivity contribution is 6.30. The Hall–Kier alpha value is -2.86. The fourth-order valence-electron chi connectivity index (χ4n) is 3.19. The lowest BCUT2D eigenvalue weighted by atomic mass is 10.1. The highest BCUT2D eigenvalue weighted by Crippen LogP contribution is 2.19. The Morgan fingerprint density at radius 1 is 1.11 bits per heavy atom. The first kappa shape index (κ1) is 17.5. The number of hydrogen-bond donors (Lipinski definition) is 0. The Bertz CT molecular complexity index is 895. The second kappa shape index (κ2) is 7.80. The van der Waals surface area contributed by atoms with E-state index in [0.29, 0.717) is 17.1 Å². The van der Waals surface area contributed by atoms with E-state index < -0.39 is 0 Å². The van der Waals surface area contributed by atoms with Gasteiger partial charge in [0.2, 0.25) is 0 Å². The van der Waals surface area contributed by atoms with E-state index >= 15 is 0 Å². The molecule has 3 heterocycles. The summed E-state index contributed by atoms with van der Waals surface area (Å²) in [6, 6.07) is 11.9. The number of rotatable bonds is 4. The number of benzene rings is 1. The van der Waals surface area contributed by atoms with Crippen LogP contribution in [0.1, 0.15) is 23.2 Å². The van der Waals surface area contributed by atoms with Crippen molar-refractivity contribution in [1.82, 2.24) is 19.4 Å². The lowest BCUT2D eigenvalue weighted by Crippen LogP contribution is -2.44. The highest BCUT2D eigenvalue weighted by Gasteiger charge is 2.26. The number of nitrogens with zero attached hydrogens (tertiary/aromatic N) is 4. The smallest absolute Gasteiger partial charge is 0.316 e. The van der Waals surface area contributed by atoms with E-state index in [0.717, 1.165) is 25.1 Å². The Morgan fingerprint density at radius 3 is 2.52 bits per heavy atom. The molecule has 1 fully saturated rings. The van der Waals surface area contributed by atoms with Crippen molar-refractivity contribution in [2.24, 2.45) is 0 Å². The normalized spacial score (nSPS) is 16.9. The first-order valence-electron chi connectivity index (χ1n) is 8.86. The topological polar surface area (TPSA) is 60.2 Å². The Kier molecular flexibility index (Phi) is 5.07. The van der Waals surface area contributed by atoms with Crippen molar-refractivity contribution >= 4 is 17.5 Å². The molecule has 1 aliphatic rings. The van der Waals surface area contributed by atoms with Gasteiger partial charge in [0.15, 0.2) is 0 Å². The first-order valence-corrected chi connectivity index (χ1v) is 9.24. The summed E-state index contributed by atoms with van der Waals surface area (Å²) >= 11 is 5.80. The molecular weight excluding hydrogens is 364 g/mol. The van der Waals surface area contributed by atoms with Gasteiger partial charge >= 0.3 is 6.01 Å². The van der Waals surface area contributed by atoms with E-state index in [1.54, 1.807) is 0 Å². The van der Waals surface area contributed by atoms with Gasteiger partial charge in [-0.2, -0.15) is 0 Å². The van der Waals surface area contributed by atoms with Gasteiger partial charge in [-0.15, -0.1) is 0 Å². The molecule has 2 aromatic heterocycles. The van der Waals surface area contributed by atoms with Crippen LogP contribution in [-0.2, 0) is 0 Å². The van der Waals surface area contributed by atoms with E-state index in [4.69, 9.17) is 16.3 Å². The molecule has 6 nitrogen and oxygen atoms in total. The third-order valence-electron chi connectivity index (χ3n) is 4.55. The van der Waals surface area contributed by atoms with Crippen LogP contribution in [-0.4, -0.2) is 44.5 Å². The van der Waals surface area contributed by atoms with Crippen molar-refractivity contribution in [3.05, 3.63) is 71.8 Å². The maximum absolute atomic E-state index is 12.9. The summed E-state index contributed by atoms with van der Waals surface area (Å²) < 4.78 is 7.82. The summed E-state index contributed by atoms with van der Waals surface area (Å²) in [6.45, 7) is 1.24. The number of hydrogen-bond acceptors (Lipinski definition) is 4. The number of carbonyl (C=O) groups is 1. The minimum absolute atomic E-state index is 0.0133. The van der Waals surface area contributed by atoms with E-state index in [2.05, 4.69) is 9.97 Å². The lowest BCUT2D eigenvalue weighted by Gasteiger charge is -2.32.